The van der Waals surface area contributed by atoms with Crippen LogP contribution in [0.15, 0.2) is 61.1 Å². The number of nitrogens with two attached hydrogens (primary N) is 1. The number of anilines is 3. The van der Waals surface area contributed by atoms with E-state index in [0.29, 0.717) is 47.3 Å². The quantitative estimate of drug-likeness (QED) is 0.292. The minimum atomic E-state index is 0.122. The van der Waals surface area contributed by atoms with Crippen molar-refractivity contribution in [3.63, 3.8) is 0 Å². The van der Waals surface area contributed by atoms with Crippen LogP contribution in [-0.4, -0.2) is 45.1 Å². The van der Waals surface area contributed by atoms with Crippen molar-refractivity contribution in [3.8, 4) is 11.5 Å². The van der Waals surface area contributed by atoms with Crippen LogP contribution in [0, 0.1) is 0 Å². The Morgan fingerprint density at radius 2 is 1.92 bits per heavy atom. The molecule has 0 radical (unpaired) electrons. The summed E-state index contributed by atoms with van der Waals surface area (Å²) in [5.41, 5.74) is 9.47. The zero-order chi connectivity index (χ0) is 25.4. The highest BCUT2D eigenvalue weighted by Crippen LogP contribution is 2.45. The van der Waals surface area contributed by atoms with Gasteiger partial charge < -0.3 is 20.5 Å². The molecule has 0 aliphatic carbocycles. The summed E-state index contributed by atoms with van der Waals surface area (Å²) in [5.74, 6) is 1.87. The number of ether oxygens (including phenoxy) is 2. The Hall–Kier alpha value is -3.62. The van der Waals surface area contributed by atoms with Crippen molar-refractivity contribution in [1.29, 1.82) is 0 Å². The Morgan fingerprint density at radius 1 is 1.05 bits per heavy atom. The van der Waals surface area contributed by atoms with Gasteiger partial charge in [0.25, 0.3) is 0 Å². The van der Waals surface area contributed by atoms with Crippen LogP contribution in [0.5, 0.6) is 11.5 Å². The minimum absolute atomic E-state index is 0.122. The Morgan fingerprint density at radius 3 is 2.65 bits per heavy atom. The number of nitrogens with one attached hydrogen (secondary N) is 1. The summed E-state index contributed by atoms with van der Waals surface area (Å²) >= 11 is 6.49. The molecule has 0 amide bonds. The van der Waals surface area contributed by atoms with Gasteiger partial charge in [-0.25, -0.2) is 9.97 Å². The molecule has 2 fully saturated rings. The van der Waals surface area contributed by atoms with Gasteiger partial charge in [0.2, 0.25) is 0 Å². The van der Waals surface area contributed by atoms with Gasteiger partial charge >= 0.3 is 0 Å². The average Bonchev–Trinajstić information content (AvgIpc) is 3.39. The molecule has 37 heavy (non-hydrogen) atoms. The second kappa shape index (κ2) is 9.68. The van der Waals surface area contributed by atoms with Crippen molar-refractivity contribution in [1.82, 2.24) is 19.9 Å². The molecule has 3 N–H and O–H groups in total. The van der Waals surface area contributed by atoms with Crippen molar-refractivity contribution in [3.05, 3.63) is 71.8 Å². The van der Waals surface area contributed by atoms with Gasteiger partial charge in [-0.3, -0.25) is 9.88 Å². The molecule has 0 spiro atoms. The SMILES string of the molecule is CN1C2CCC1(COc1cc3ncnc(Nc4ccc(OCc5ccccn5)c(Cl)c4)c3cc1N)CC2. The fourth-order valence-corrected chi connectivity index (χ4v) is 5.75. The van der Waals surface area contributed by atoms with Crippen molar-refractivity contribution in [2.75, 3.05) is 24.7 Å². The van der Waals surface area contributed by atoms with Crippen LogP contribution < -0.4 is 20.5 Å². The smallest absolute Gasteiger partial charge is 0.144 e. The number of pyridine rings is 1. The number of likely N-dealkylation sites (N-methyl/N-ethyl adjacent to an activating group) is 1. The van der Waals surface area contributed by atoms with Gasteiger partial charge in [-0.05, 0) is 69.1 Å². The number of hydrogen-bond donors (Lipinski definition) is 2. The van der Waals surface area contributed by atoms with Crippen molar-refractivity contribution in [2.24, 2.45) is 0 Å². The molecule has 2 aromatic heterocycles. The van der Waals surface area contributed by atoms with E-state index < -0.39 is 0 Å². The average molecular weight is 517 g/mol. The predicted octanol–water partition coefficient (Wildman–Crippen LogP) is 5.59. The highest BCUT2D eigenvalue weighted by Gasteiger charge is 2.50. The number of fused-ring (bicyclic) bond motifs is 3. The fourth-order valence-electron chi connectivity index (χ4n) is 5.52. The van der Waals surface area contributed by atoms with E-state index in [1.807, 2.05) is 42.5 Å². The standard InChI is InChI=1S/C28H29ClN6O2/c1-35-20-7-9-28(35,10-8-20)16-37-26-14-24-21(13-23(26)30)27(33-17-32-24)34-18-5-6-25(22(29)12-18)36-15-19-4-2-3-11-31-19/h2-6,11-14,17,20H,7-10,15-16,30H2,1H3,(H,32,33,34). The Labute approximate surface area is 220 Å². The van der Waals surface area contributed by atoms with E-state index in [2.05, 4.69) is 32.2 Å². The summed E-state index contributed by atoms with van der Waals surface area (Å²) in [5, 5.41) is 4.62. The van der Waals surface area contributed by atoms with Crippen LogP contribution in [0.2, 0.25) is 5.02 Å². The molecule has 4 aromatic rings. The lowest BCUT2D eigenvalue weighted by Crippen LogP contribution is -2.43. The highest BCUT2D eigenvalue weighted by atomic mass is 35.5. The molecule has 2 aromatic carbocycles. The summed E-state index contributed by atoms with van der Waals surface area (Å²) < 4.78 is 12.1. The number of nitrogens with zero attached hydrogens (tertiary/aromatic N) is 4. The largest absolute Gasteiger partial charge is 0.489 e. The molecule has 0 atom stereocenters. The van der Waals surface area contributed by atoms with E-state index in [1.54, 1.807) is 12.3 Å². The summed E-state index contributed by atoms with van der Waals surface area (Å²) in [6.07, 6.45) is 8.11. The van der Waals surface area contributed by atoms with Crippen LogP contribution in [0.25, 0.3) is 10.9 Å². The minimum Gasteiger partial charge on any atom is -0.489 e. The van der Waals surface area contributed by atoms with Gasteiger partial charge in [-0.1, -0.05) is 17.7 Å². The molecule has 8 nitrogen and oxygen atoms in total. The van der Waals surface area contributed by atoms with Gasteiger partial charge in [-0.2, -0.15) is 0 Å². The Balaban J connectivity index is 1.18. The Kier molecular flexibility index (Phi) is 6.22. The predicted molar refractivity (Wildman–Crippen MR) is 145 cm³/mol. The number of hydrogen-bond acceptors (Lipinski definition) is 8. The van der Waals surface area contributed by atoms with E-state index in [9.17, 15) is 0 Å². The van der Waals surface area contributed by atoms with E-state index in [1.165, 1.54) is 32.0 Å². The van der Waals surface area contributed by atoms with Crippen molar-refractivity contribution >= 4 is 39.7 Å². The van der Waals surface area contributed by atoms with Gasteiger partial charge in [0.15, 0.2) is 0 Å². The number of halogens is 1. The summed E-state index contributed by atoms with van der Waals surface area (Å²) in [6, 6.07) is 15.7. The normalized spacial score (nSPS) is 20.9. The van der Waals surface area contributed by atoms with E-state index in [-0.39, 0.29) is 5.54 Å². The maximum absolute atomic E-state index is 6.49. The molecule has 9 heteroatoms. The van der Waals surface area contributed by atoms with Crippen molar-refractivity contribution < 1.29 is 9.47 Å². The first-order chi connectivity index (χ1) is 18.0. The number of benzene rings is 2. The second-order valence-corrected chi connectivity index (χ2v) is 10.3. The second-order valence-electron chi connectivity index (χ2n) is 9.86. The lowest BCUT2D eigenvalue weighted by molar-refractivity contribution is 0.113. The Bertz CT molecular complexity index is 1430. The van der Waals surface area contributed by atoms with Gasteiger partial charge in [-0.15, -0.1) is 0 Å². The molecule has 190 valence electrons. The summed E-state index contributed by atoms with van der Waals surface area (Å²) in [4.78, 5) is 15.7. The monoisotopic (exact) mass is 516 g/mol. The summed E-state index contributed by atoms with van der Waals surface area (Å²) in [6.45, 7) is 0.977. The molecule has 0 saturated carbocycles. The highest BCUT2D eigenvalue weighted by molar-refractivity contribution is 6.32. The number of rotatable bonds is 8. The third kappa shape index (κ3) is 4.63. The molecule has 0 unspecified atom stereocenters. The third-order valence-corrected chi connectivity index (χ3v) is 8.04. The van der Waals surface area contributed by atoms with Crippen molar-refractivity contribution in [2.45, 2.75) is 43.9 Å². The third-order valence-electron chi connectivity index (χ3n) is 7.74. The van der Waals surface area contributed by atoms with Crippen LogP contribution in [0.3, 0.4) is 0 Å². The van der Waals surface area contributed by atoms with Gasteiger partial charge in [0, 0.05) is 29.4 Å². The fraction of sp³-hybridized carbons (Fsp3) is 0.321. The molecule has 2 aliphatic heterocycles. The van der Waals surface area contributed by atoms with E-state index >= 15 is 0 Å². The van der Waals surface area contributed by atoms with Crippen LogP contribution in [0.4, 0.5) is 17.2 Å². The number of aromatic nitrogens is 3. The molecular formula is C28H29ClN6O2. The number of nitrogen functional groups attached to an aromatic ring is 1. The topological polar surface area (TPSA) is 98.4 Å². The first-order valence-electron chi connectivity index (χ1n) is 12.5. The van der Waals surface area contributed by atoms with Gasteiger partial charge in [0.05, 0.1) is 27.5 Å². The van der Waals surface area contributed by atoms with Crippen LogP contribution in [-0.2, 0) is 6.61 Å². The zero-order valence-corrected chi connectivity index (χ0v) is 21.4. The maximum Gasteiger partial charge on any atom is 0.144 e. The first-order valence-corrected chi connectivity index (χ1v) is 12.9. The van der Waals surface area contributed by atoms with E-state index in [4.69, 9.17) is 26.8 Å². The molecule has 2 bridgehead atoms. The van der Waals surface area contributed by atoms with Gasteiger partial charge in [0.1, 0.15) is 36.9 Å². The zero-order valence-electron chi connectivity index (χ0n) is 20.7. The molecule has 2 saturated heterocycles. The van der Waals surface area contributed by atoms with E-state index in [0.717, 1.165) is 22.3 Å². The molecule has 6 rings (SSSR count). The maximum atomic E-state index is 6.49. The molecular weight excluding hydrogens is 488 g/mol. The molecule has 4 heterocycles. The lowest BCUT2D eigenvalue weighted by Gasteiger charge is -2.32. The van der Waals surface area contributed by atoms with Crippen LogP contribution >= 0.6 is 11.6 Å². The van der Waals surface area contributed by atoms with Crippen LogP contribution in [0.1, 0.15) is 31.4 Å². The molecule has 2 aliphatic rings. The summed E-state index contributed by atoms with van der Waals surface area (Å²) in [7, 11) is 2.22. The lowest BCUT2D eigenvalue weighted by atomic mass is 9.88. The first kappa shape index (κ1) is 23.8.